The molecule has 8 heteroatoms. The zero-order chi connectivity index (χ0) is 20.9. The topological polar surface area (TPSA) is 119 Å². The zero-order valence-electron chi connectivity index (χ0n) is 15.7. The maximum atomic E-state index is 12.5. The van der Waals surface area contributed by atoms with Gasteiger partial charge < -0.3 is 10.6 Å². The second-order valence-corrected chi connectivity index (χ2v) is 7.88. The van der Waals surface area contributed by atoms with Crippen molar-refractivity contribution in [3.63, 3.8) is 0 Å². The summed E-state index contributed by atoms with van der Waals surface area (Å²) in [5.41, 5.74) is 2.86. The lowest BCUT2D eigenvalue weighted by Crippen LogP contribution is -2.17. The van der Waals surface area contributed by atoms with Crippen LogP contribution in [0, 0.1) is 18.3 Å². The largest absolute Gasteiger partial charge is 0.360 e. The monoisotopic (exact) mass is 399 g/mol. The molecule has 0 spiro atoms. The van der Waals surface area contributed by atoms with Crippen molar-refractivity contribution in [1.29, 1.82) is 5.26 Å². The molecule has 0 aliphatic rings. The number of para-hydroxylation sites is 1. The summed E-state index contributed by atoms with van der Waals surface area (Å²) >= 11 is 0. The summed E-state index contributed by atoms with van der Waals surface area (Å²) in [4.78, 5) is 12.3. The van der Waals surface area contributed by atoms with Crippen molar-refractivity contribution in [2.24, 2.45) is 0 Å². The molecular formula is C20H21N3O4S. The van der Waals surface area contributed by atoms with Crippen LogP contribution >= 0.6 is 0 Å². The second-order valence-electron chi connectivity index (χ2n) is 6.46. The van der Waals surface area contributed by atoms with Crippen LogP contribution in [0.1, 0.15) is 30.9 Å². The third kappa shape index (κ3) is 5.19. The van der Waals surface area contributed by atoms with E-state index in [-0.39, 0.29) is 16.4 Å². The van der Waals surface area contributed by atoms with Gasteiger partial charge in [0.2, 0.25) is 0 Å². The van der Waals surface area contributed by atoms with Gasteiger partial charge in [0.05, 0.1) is 4.90 Å². The number of hydrogen-bond donors (Lipinski definition) is 3. The summed E-state index contributed by atoms with van der Waals surface area (Å²) in [6.07, 6.45) is 1.24. The van der Waals surface area contributed by atoms with Gasteiger partial charge in [-0.25, -0.2) is 0 Å². The standard InChI is InChI=1S/C20H21N3O4S/c1-13(2)18-6-4-5-14(3)19(18)23-20(24)15(11-21)12-22-16-7-9-17(10-8-16)28(25,26)27/h4-10,12-13,22H,1-3H3,(H,23,24)(H,25,26,27)/b15-12-. The van der Waals surface area contributed by atoms with Crippen LogP contribution in [-0.4, -0.2) is 18.9 Å². The van der Waals surface area contributed by atoms with Crippen molar-refractivity contribution in [2.75, 3.05) is 10.6 Å². The van der Waals surface area contributed by atoms with Gasteiger partial charge in [0, 0.05) is 17.6 Å². The molecular weight excluding hydrogens is 378 g/mol. The summed E-state index contributed by atoms with van der Waals surface area (Å²) in [5.74, 6) is -0.357. The number of benzene rings is 2. The van der Waals surface area contributed by atoms with Crippen molar-refractivity contribution in [3.8, 4) is 6.07 Å². The highest BCUT2D eigenvalue weighted by molar-refractivity contribution is 7.85. The summed E-state index contributed by atoms with van der Waals surface area (Å²) in [6, 6.07) is 12.8. The molecule has 0 atom stereocenters. The van der Waals surface area contributed by atoms with E-state index >= 15 is 0 Å². The number of nitriles is 1. The van der Waals surface area contributed by atoms with Gasteiger partial charge in [0.25, 0.3) is 16.0 Å². The van der Waals surface area contributed by atoms with Gasteiger partial charge in [0.15, 0.2) is 0 Å². The van der Waals surface area contributed by atoms with E-state index in [0.717, 1.165) is 11.1 Å². The number of anilines is 2. The molecule has 1 amide bonds. The normalized spacial score (nSPS) is 11.8. The van der Waals surface area contributed by atoms with Crippen molar-refractivity contribution in [1.82, 2.24) is 0 Å². The van der Waals surface area contributed by atoms with Crippen LogP contribution in [-0.2, 0) is 14.9 Å². The molecule has 0 saturated carbocycles. The lowest BCUT2D eigenvalue weighted by molar-refractivity contribution is -0.112. The first-order chi connectivity index (χ1) is 13.1. The molecule has 0 aliphatic heterocycles. The molecule has 0 aromatic heterocycles. The van der Waals surface area contributed by atoms with E-state index in [1.165, 1.54) is 30.5 Å². The second kappa shape index (κ2) is 8.69. The van der Waals surface area contributed by atoms with E-state index < -0.39 is 16.0 Å². The lowest BCUT2D eigenvalue weighted by Gasteiger charge is -2.16. The van der Waals surface area contributed by atoms with Crippen molar-refractivity contribution >= 4 is 27.4 Å². The minimum atomic E-state index is -4.28. The first kappa shape index (κ1) is 21.2. The molecule has 0 unspecified atom stereocenters. The molecule has 0 aliphatic carbocycles. The molecule has 0 bridgehead atoms. The number of carbonyl (C=O) groups is 1. The number of carbonyl (C=O) groups excluding carboxylic acids is 1. The van der Waals surface area contributed by atoms with E-state index in [1.54, 1.807) is 0 Å². The fourth-order valence-electron chi connectivity index (χ4n) is 2.55. The SMILES string of the molecule is Cc1cccc(C(C)C)c1NC(=O)/C(C#N)=C\Nc1ccc(S(=O)(=O)O)cc1. The van der Waals surface area contributed by atoms with Gasteiger partial charge in [-0.1, -0.05) is 32.0 Å². The molecule has 0 radical (unpaired) electrons. The van der Waals surface area contributed by atoms with E-state index in [0.29, 0.717) is 11.4 Å². The molecule has 3 N–H and O–H groups in total. The van der Waals surface area contributed by atoms with Gasteiger partial charge in [-0.15, -0.1) is 0 Å². The molecule has 28 heavy (non-hydrogen) atoms. The zero-order valence-corrected chi connectivity index (χ0v) is 16.5. The smallest absolute Gasteiger partial charge is 0.294 e. The maximum absolute atomic E-state index is 12.5. The van der Waals surface area contributed by atoms with Crippen LogP contribution in [0.25, 0.3) is 0 Å². The average Bonchev–Trinajstić information content (AvgIpc) is 2.63. The summed E-state index contributed by atoms with van der Waals surface area (Å²) in [5, 5.41) is 14.9. The Morgan fingerprint density at radius 2 is 1.82 bits per heavy atom. The number of amides is 1. The highest BCUT2D eigenvalue weighted by atomic mass is 32.2. The van der Waals surface area contributed by atoms with Gasteiger partial charge in [-0.3, -0.25) is 9.35 Å². The van der Waals surface area contributed by atoms with Crippen LogP contribution in [0.5, 0.6) is 0 Å². The van der Waals surface area contributed by atoms with Crippen LogP contribution < -0.4 is 10.6 Å². The number of hydrogen-bond acceptors (Lipinski definition) is 5. The van der Waals surface area contributed by atoms with E-state index in [4.69, 9.17) is 4.55 Å². The predicted molar refractivity (Wildman–Crippen MR) is 107 cm³/mol. The van der Waals surface area contributed by atoms with Gasteiger partial charge in [-0.2, -0.15) is 13.7 Å². The fraction of sp³-hybridized carbons (Fsp3) is 0.200. The highest BCUT2D eigenvalue weighted by Crippen LogP contribution is 2.27. The lowest BCUT2D eigenvalue weighted by atomic mass is 9.98. The molecule has 2 rings (SSSR count). The van der Waals surface area contributed by atoms with Crippen LogP contribution in [0.3, 0.4) is 0 Å². The molecule has 0 saturated heterocycles. The Hall–Kier alpha value is -3.15. The third-order valence-corrected chi connectivity index (χ3v) is 4.93. The van der Waals surface area contributed by atoms with Crippen LogP contribution in [0.15, 0.2) is 59.1 Å². The number of nitrogens with one attached hydrogen (secondary N) is 2. The minimum Gasteiger partial charge on any atom is -0.360 e. The summed E-state index contributed by atoms with van der Waals surface area (Å²) in [6.45, 7) is 5.92. The van der Waals surface area contributed by atoms with Gasteiger partial charge in [-0.05, 0) is 48.2 Å². The van der Waals surface area contributed by atoms with E-state index in [2.05, 4.69) is 10.6 Å². The predicted octanol–water partition coefficient (Wildman–Crippen LogP) is 3.82. The van der Waals surface area contributed by atoms with Crippen molar-refractivity contribution in [3.05, 3.63) is 65.4 Å². The Bertz CT molecular complexity index is 1050. The fourth-order valence-corrected chi connectivity index (χ4v) is 3.03. The Balaban J connectivity index is 2.20. The Morgan fingerprint density at radius 3 is 2.36 bits per heavy atom. The summed E-state index contributed by atoms with van der Waals surface area (Å²) in [7, 11) is -4.28. The maximum Gasteiger partial charge on any atom is 0.294 e. The third-order valence-electron chi connectivity index (χ3n) is 4.07. The first-order valence-electron chi connectivity index (χ1n) is 8.48. The van der Waals surface area contributed by atoms with Crippen LogP contribution in [0.2, 0.25) is 0 Å². The number of rotatable bonds is 6. The van der Waals surface area contributed by atoms with Gasteiger partial charge in [0.1, 0.15) is 11.6 Å². The molecule has 146 valence electrons. The molecule has 2 aromatic carbocycles. The Kier molecular flexibility index (Phi) is 6.57. The number of aryl methyl sites for hydroxylation is 1. The van der Waals surface area contributed by atoms with Crippen molar-refractivity contribution in [2.45, 2.75) is 31.6 Å². The van der Waals surface area contributed by atoms with E-state index in [9.17, 15) is 18.5 Å². The van der Waals surface area contributed by atoms with Gasteiger partial charge >= 0.3 is 0 Å². The molecule has 7 nitrogen and oxygen atoms in total. The molecule has 0 fully saturated rings. The van der Waals surface area contributed by atoms with Crippen molar-refractivity contribution < 1.29 is 17.8 Å². The quantitative estimate of drug-likeness (QED) is 0.386. The average molecular weight is 399 g/mol. The Morgan fingerprint density at radius 1 is 1.18 bits per heavy atom. The number of nitrogens with zero attached hydrogens (tertiary/aromatic N) is 1. The Labute approximate surface area is 164 Å². The summed E-state index contributed by atoms with van der Waals surface area (Å²) < 4.78 is 31.1. The van der Waals surface area contributed by atoms with E-state index in [1.807, 2.05) is 45.0 Å². The first-order valence-corrected chi connectivity index (χ1v) is 9.92. The molecule has 0 heterocycles. The molecule has 2 aromatic rings. The minimum absolute atomic E-state index is 0.142. The van der Waals surface area contributed by atoms with Crippen LogP contribution in [0.4, 0.5) is 11.4 Å². The highest BCUT2D eigenvalue weighted by Gasteiger charge is 2.15.